The van der Waals surface area contributed by atoms with E-state index in [0.717, 1.165) is 12.1 Å². The summed E-state index contributed by atoms with van der Waals surface area (Å²) in [6, 6.07) is 2.19. The molecule has 2 N–H and O–H groups in total. The molecule has 0 aliphatic carbocycles. The Bertz CT molecular complexity index is 336. The summed E-state index contributed by atoms with van der Waals surface area (Å²) in [4.78, 5) is 10.5. The minimum atomic E-state index is -1.18. The second-order valence-electron chi connectivity index (χ2n) is 2.09. The van der Waals surface area contributed by atoms with E-state index in [1.807, 2.05) is 0 Å². The van der Waals surface area contributed by atoms with Crippen LogP contribution < -0.4 is 0 Å². The molecule has 0 spiro atoms. The maximum atomic E-state index is 10.5. The molecule has 12 heavy (non-hydrogen) atoms. The zero-order valence-electron chi connectivity index (χ0n) is 5.71. The first-order valence-corrected chi connectivity index (χ1v) is 3.69. The highest BCUT2D eigenvalue weighted by Gasteiger charge is 2.11. The lowest BCUT2D eigenvalue weighted by Crippen LogP contribution is -1.96. The number of halogens is 2. The molecule has 1 rings (SSSR count). The molecule has 0 aromatic heterocycles. The van der Waals surface area contributed by atoms with Gasteiger partial charge in [0.05, 0.1) is 15.6 Å². The van der Waals surface area contributed by atoms with Crippen molar-refractivity contribution in [1.82, 2.24) is 0 Å². The van der Waals surface area contributed by atoms with E-state index in [1.54, 1.807) is 0 Å². The average Bonchev–Trinajstić information content (AvgIpc) is 1.96. The van der Waals surface area contributed by atoms with Crippen molar-refractivity contribution in [3.8, 4) is 5.75 Å². The summed E-state index contributed by atoms with van der Waals surface area (Å²) in [5, 5.41) is 17.5. The normalized spacial score (nSPS) is 9.83. The van der Waals surface area contributed by atoms with E-state index >= 15 is 0 Å². The number of rotatable bonds is 1. The van der Waals surface area contributed by atoms with Gasteiger partial charge in [0, 0.05) is 6.07 Å². The van der Waals surface area contributed by atoms with Gasteiger partial charge in [-0.25, -0.2) is 4.79 Å². The Morgan fingerprint density at radius 1 is 1.25 bits per heavy atom. The third-order valence-electron chi connectivity index (χ3n) is 1.27. The molecule has 0 aliphatic rings. The van der Waals surface area contributed by atoms with E-state index in [-0.39, 0.29) is 21.4 Å². The molecule has 0 amide bonds. The molecule has 0 unspecified atom stereocenters. The van der Waals surface area contributed by atoms with Crippen molar-refractivity contribution < 1.29 is 15.0 Å². The smallest absolute Gasteiger partial charge is 0.337 e. The van der Waals surface area contributed by atoms with Crippen molar-refractivity contribution in [2.24, 2.45) is 0 Å². The minimum Gasteiger partial charge on any atom is -0.506 e. The van der Waals surface area contributed by atoms with Crippen LogP contribution in [0, 0.1) is 0 Å². The standard InChI is InChI=1S/C7H4Cl2O3/c8-4-2-6(10)5(9)1-3(4)7(11)12/h1-2,10H,(H,11,12). The third kappa shape index (κ3) is 1.62. The first-order valence-electron chi connectivity index (χ1n) is 2.93. The zero-order valence-corrected chi connectivity index (χ0v) is 7.23. The predicted molar refractivity (Wildman–Crippen MR) is 45.1 cm³/mol. The fourth-order valence-electron chi connectivity index (χ4n) is 0.700. The Balaban J connectivity index is 3.33. The molecule has 0 bridgehead atoms. The summed E-state index contributed by atoms with van der Waals surface area (Å²) in [6.07, 6.45) is 0. The second-order valence-corrected chi connectivity index (χ2v) is 2.90. The molecule has 0 atom stereocenters. The van der Waals surface area contributed by atoms with Gasteiger partial charge in [0.25, 0.3) is 0 Å². The maximum absolute atomic E-state index is 10.5. The monoisotopic (exact) mass is 206 g/mol. The van der Waals surface area contributed by atoms with Crippen LogP contribution in [-0.4, -0.2) is 16.2 Å². The van der Waals surface area contributed by atoms with Crippen LogP contribution >= 0.6 is 23.2 Å². The molecule has 1 aromatic rings. The Morgan fingerprint density at radius 2 is 1.83 bits per heavy atom. The predicted octanol–water partition coefficient (Wildman–Crippen LogP) is 2.40. The lowest BCUT2D eigenvalue weighted by atomic mass is 10.2. The molecule has 1 aromatic carbocycles. The number of carbonyl (C=O) groups is 1. The fourth-order valence-corrected chi connectivity index (χ4v) is 1.10. The molecule has 5 heteroatoms. The number of hydrogen-bond donors (Lipinski definition) is 2. The van der Waals surface area contributed by atoms with E-state index < -0.39 is 5.97 Å². The quantitative estimate of drug-likeness (QED) is 0.743. The average molecular weight is 207 g/mol. The summed E-state index contributed by atoms with van der Waals surface area (Å²) in [6.45, 7) is 0. The number of benzene rings is 1. The molecule has 64 valence electrons. The molecule has 0 aliphatic heterocycles. The van der Waals surface area contributed by atoms with Gasteiger partial charge in [-0.3, -0.25) is 0 Å². The summed E-state index contributed by atoms with van der Waals surface area (Å²) in [5.41, 5.74) is -0.125. The number of phenolic OH excluding ortho intramolecular Hbond substituents is 1. The van der Waals surface area contributed by atoms with E-state index in [1.165, 1.54) is 0 Å². The summed E-state index contributed by atoms with van der Waals surface area (Å²) in [5.74, 6) is -1.41. The van der Waals surface area contributed by atoms with Crippen LogP contribution in [0.2, 0.25) is 10.0 Å². The lowest BCUT2D eigenvalue weighted by molar-refractivity contribution is 0.0697. The molecular formula is C7H4Cl2O3. The van der Waals surface area contributed by atoms with Gasteiger partial charge in [0.2, 0.25) is 0 Å². The highest BCUT2D eigenvalue weighted by Crippen LogP contribution is 2.29. The molecule has 0 saturated heterocycles. The van der Waals surface area contributed by atoms with Crippen molar-refractivity contribution >= 4 is 29.2 Å². The largest absolute Gasteiger partial charge is 0.506 e. The highest BCUT2D eigenvalue weighted by molar-refractivity contribution is 6.36. The topological polar surface area (TPSA) is 57.5 Å². The summed E-state index contributed by atoms with van der Waals surface area (Å²) < 4.78 is 0. The second kappa shape index (κ2) is 3.21. The summed E-state index contributed by atoms with van der Waals surface area (Å²) >= 11 is 11.0. The zero-order chi connectivity index (χ0) is 9.30. The van der Waals surface area contributed by atoms with Crippen LogP contribution in [0.15, 0.2) is 12.1 Å². The lowest BCUT2D eigenvalue weighted by Gasteiger charge is -2.00. The first-order chi connectivity index (χ1) is 5.52. The van der Waals surface area contributed by atoms with Gasteiger partial charge in [-0.15, -0.1) is 0 Å². The van der Waals surface area contributed by atoms with E-state index in [0.29, 0.717) is 0 Å². The maximum Gasteiger partial charge on any atom is 0.337 e. The molecule has 0 heterocycles. The van der Waals surface area contributed by atoms with Gasteiger partial charge < -0.3 is 10.2 Å². The number of aromatic hydroxyl groups is 1. The van der Waals surface area contributed by atoms with Gasteiger partial charge in [-0.1, -0.05) is 23.2 Å². The van der Waals surface area contributed by atoms with Crippen LogP contribution in [0.25, 0.3) is 0 Å². The highest BCUT2D eigenvalue weighted by atomic mass is 35.5. The van der Waals surface area contributed by atoms with E-state index in [9.17, 15) is 4.79 Å². The first kappa shape index (κ1) is 9.16. The van der Waals surface area contributed by atoms with Crippen LogP contribution in [0.1, 0.15) is 10.4 Å². The van der Waals surface area contributed by atoms with Crippen LogP contribution in [0.5, 0.6) is 5.75 Å². The van der Waals surface area contributed by atoms with Crippen molar-refractivity contribution in [3.63, 3.8) is 0 Å². The van der Waals surface area contributed by atoms with Gasteiger partial charge in [-0.05, 0) is 6.07 Å². The molecule has 0 saturated carbocycles. The Labute approximate surface area is 78.2 Å². The van der Waals surface area contributed by atoms with Crippen LogP contribution in [0.4, 0.5) is 0 Å². The third-order valence-corrected chi connectivity index (χ3v) is 1.88. The number of aromatic carboxylic acids is 1. The Hall–Kier alpha value is -0.930. The van der Waals surface area contributed by atoms with Gasteiger partial charge in [0.1, 0.15) is 5.75 Å². The Kier molecular flexibility index (Phi) is 2.45. The fraction of sp³-hybridized carbons (Fsp3) is 0. The van der Waals surface area contributed by atoms with Crippen LogP contribution in [0.3, 0.4) is 0 Å². The number of hydrogen-bond acceptors (Lipinski definition) is 2. The summed E-state index contributed by atoms with van der Waals surface area (Å²) in [7, 11) is 0. The molecular weight excluding hydrogens is 203 g/mol. The number of phenols is 1. The molecule has 0 fully saturated rings. The minimum absolute atomic E-state index is 0.0307. The van der Waals surface area contributed by atoms with Gasteiger partial charge >= 0.3 is 5.97 Å². The van der Waals surface area contributed by atoms with Crippen molar-refractivity contribution in [3.05, 3.63) is 27.7 Å². The Morgan fingerprint density at radius 3 is 2.33 bits per heavy atom. The SMILES string of the molecule is O=C(O)c1cc(Cl)c(O)cc1Cl. The van der Waals surface area contributed by atoms with Crippen molar-refractivity contribution in [2.75, 3.05) is 0 Å². The molecule has 3 nitrogen and oxygen atoms in total. The van der Waals surface area contributed by atoms with Gasteiger partial charge in [0.15, 0.2) is 0 Å². The van der Waals surface area contributed by atoms with Crippen molar-refractivity contribution in [2.45, 2.75) is 0 Å². The molecule has 0 radical (unpaired) electrons. The van der Waals surface area contributed by atoms with E-state index in [2.05, 4.69) is 0 Å². The number of carboxylic acid groups (broad SMARTS) is 1. The van der Waals surface area contributed by atoms with Crippen molar-refractivity contribution in [1.29, 1.82) is 0 Å². The van der Waals surface area contributed by atoms with Gasteiger partial charge in [-0.2, -0.15) is 0 Å². The van der Waals surface area contributed by atoms with E-state index in [4.69, 9.17) is 33.4 Å². The number of carboxylic acids is 1. The van der Waals surface area contributed by atoms with Crippen LogP contribution in [-0.2, 0) is 0 Å².